The van der Waals surface area contributed by atoms with Crippen LogP contribution in [0.2, 0.25) is 52.4 Å². The predicted molar refractivity (Wildman–Crippen MR) is 417 cm³/mol. The SMILES string of the molecule is C=C(CCCCCC)[Si](C)(C)O[Si](C)(C)C(=C)CCCCCC.C=C(CCCCCC)[Si](C)(C)O[Si](C)(C)C(=C)CCCCCC.CC(C)(C)c1ccc2c3nc4nc(nc5[nH]c(nc6nc(nc([nH]3)c2c1C(C)(C)C)-c1ccccc1-6)c1ccccc51)-c1ccccc1-4. The van der Waals surface area contributed by atoms with Crippen LogP contribution in [0.3, 0.4) is 0 Å². The summed E-state index contributed by atoms with van der Waals surface area (Å²) in [5.74, 6) is 2.40. The van der Waals surface area contributed by atoms with E-state index < -0.39 is 33.3 Å². The standard InChI is InChI=1S/C40H34N8.2C20H42OSi2/c1-39(2,3)28-20-19-27-29(30(28)40(4,5)6)38-47-36-26-18-12-11-17-25(26)34(45-36)43-32-22-14-8-7-13-21(22)31(41-32)42-33-23-15-9-10-16-24(23)35(44-33)46-37(27)48-38;2*1-9-11-13-15-17-19(3)22(5,6)21-23(7,8)20(4)18-16-14-12-10-2/h7-20H,1-6H3,(H2,41,42,43,44,45,46,47,48);2*3-4,9-18H2,1-2,5-8H3. The van der Waals surface area contributed by atoms with Crippen LogP contribution >= 0.6 is 0 Å². The van der Waals surface area contributed by atoms with Crippen LogP contribution in [0, 0.1) is 0 Å². The van der Waals surface area contributed by atoms with Gasteiger partial charge in [0, 0.05) is 43.8 Å². The number of allylic oxidation sites excluding steroid dienone is 4. The van der Waals surface area contributed by atoms with E-state index in [1.165, 1.54) is 135 Å². The molecule has 8 bridgehead atoms. The molecular weight excluding hydrogens is 1220 g/mol. The summed E-state index contributed by atoms with van der Waals surface area (Å²) in [7, 11) is -7.25. The van der Waals surface area contributed by atoms with Crippen LogP contribution in [0.1, 0.15) is 209 Å². The fourth-order valence-electron chi connectivity index (χ4n) is 13.0. The highest BCUT2D eigenvalue weighted by atomic mass is 28.4. The summed E-state index contributed by atoms with van der Waals surface area (Å²) in [5, 5.41) is 9.47. The maximum Gasteiger partial charge on any atom is 0.201 e. The van der Waals surface area contributed by atoms with E-state index in [9.17, 15) is 0 Å². The van der Waals surface area contributed by atoms with Crippen molar-refractivity contribution in [1.29, 1.82) is 0 Å². The molecule has 4 aromatic carbocycles. The van der Waals surface area contributed by atoms with Crippen molar-refractivity contribution in [2.45, 2.75) is 261 Å². The molecule has 0 amide bonds. The van der Waals surface area contributed by atoms with Crippen molar-refractivity contribution in [2.75, 3.05) is 0 Å². The average molecular weight is 1340 g/mol. The van der Waals surface area contributed by atoms with Gasteiger partial charge in [0.05, 0.1) is 0 Å². The maximum atomic E-state index is 6.74. The van der Waals surface area contributed by atoms with Gasteiger partial charge < -0.3 is 18.2 Å². The van der Waals surface area contributed by atoms with Crippen LogP contribution in [-0.4, -0.2) is 73.1 Å². The molecule has 0 aliphatic carbocycles. The molecule has 0 saturated carbocycles. The zero-order valence-corrected chi connectivity index (χ0v) is 65.6. The van der Waals surface area contributed by atoms with Crippen LogP contribution in [0.5, 0.6) is 0 Å². The Labute approximate surface area is 571 Å². The van der Waals surface area contributed by atoms with Crippen molar-refractivity contribution in [3.05, 3.63) is 143 Å². The molecule has 7 aromatic rings. The van der Waals surface area contributed by atoms with E-state index in [2.05, 4.69) is 200 Å². The minimum absolute atomic E-state index is 0.0907. The van der Waals surface area contributed by atoms with E-state index in [4.69, 9.17) is 38.1 Å². The minimum Gasteiger partial charge on any atom is -0.449 e. The van der Waals surface area contributed by atoms with Crippen LogP contribution in [0.25, 0.3) is 89.7 Å². The molecule has 0 saturated heterocycles. The number of rotatable bonds is 28. The first-order valence-corrected chi connectivity index (χ1v) is 47.4. The molecule has 0 spiro atoms. The van der Waals surface area contributed by atoms with E-state index >= 15 is 0 Å². The molecule has 5 heterocycles. The zero-order valence-electron chi connectivity index (χ0n) is 61.6. The second kappa shape index (κ2) is 32.8. The summed E-state index contributed by atoms with van der Waals surface area (Å²) in [6, 6.07) is 28.8. The van der Waals surface area contributed by atoms with Crippen molar-refractivity contribution in [3.8, 4) is 45.6 Å². The molecule has 0 radical (unpaired) electrons. The van der Waals surface area contributed by atoms with E-state index in [0.717, 1.165) is 75.1 Å². The Kier molecular flexibility index (Phi) is 26.3. The quantitative estimate of drug-likeness (QED) is 0.0367. The third-order valence-corrected chi connectivity index (χ3v) is 35.0. The van der Waals surface area contributed by atoms with Gasteiger partial charge in [0.25, 0.3) is 0 Å². The molecule has 0 unspecified atom stereocenters. The number of nitrogens with zero attached hydrogens (tertiary/aromatic N) is 6. The minimum atomic E-state index is -1.81. The van der Waals surface area contributed by atoms with Gasteiger partial charge in [-0.25, -0.2) is 29.9 Å². The molecule has 506 valence electrons. The monoisotopic (exact) mass is 1330 g/mol. The Bertz CT molecular complexity index is 3810. The highest BCUT2D eigenvalue weighted by Crippen LogP contribution is 2.43. The van der Waals surface area contributed by atoms with E-state index in [-0.39, 0.29) is 10.8 Å². The number of nitrogens with one attached hydrogen (secondary N) is 2. The summed E-state index contributed by atoms with van der Waals surface area (Å²) in [5.41, 5.74) is 8.74. The lowest BCUT2D eigenvalue weighted by Crippen LogP contribution is -2.47. The van der Waals surface area contributed by atoms with Crippen LogP contribution in [-0.2, 0) is 19.1 Å². The van der Waals surface area contributed by atoms with Gasteiger partial charge >= 0.3 is 0 Å². The van der Waals surface area contributed by atoms with Gasteiger partial charge in [-0.1, -0.05) is 252 Å². The highest BCUT2D eigenvalue weighted by Gasteiger charge is 2.38. The van der Waals surface area contributed by atoms with E-state index in [1.54, 1.807) is 0 Å². The van der Waals surface area contributed by atoms with Crippen molar-refractivity contribution in [3.63, 3.8) is 0 Å². The Hall–Kier alpha value is -6.01. The van der Waals surface area contributed by atoms with Gasteiger partial charge in [0.15, 0.2) is 23.3 Å². The normalized spacial score (nSPS) is 12.6. The fraction of sp³-hybridized carbons (Fsp3) is 0.500. The molecule has 2 aliphatic rings. The Morgan fingerprint density at radius 1 is 0.351 bits per heavy atom. The molecule has 14 heteroatoms. The van der Waals surface area contributed by atoms with Gasteiger partial charge in [0.2, 0.25) is 33.3 Å². The summed E-state index contributed by atoms with van der Waals surface area (Å²) in [6.45, 7) is 58.8. The van der Waals surface area contributed by atoms with Crippen LogP contribution in [0.15, 0.2) is 132 Å². The fourth-order valence-corrected chi connectivity index (χ4v) is 28.6. The van der Waals surface area contributed by atoms with Gasteiger partial charge in [0.1, 0.15) is 22.6 Å². The predicted octanol–water partition coefficient (Wildman–Crippen LogP) is 24.6. The Balaban J connectivity index is 0.000000230. The summed E-state index contributed by atoms with van der Waals surface area (Å²) < 4.78 is 13.5. The number of aromatic nitrogens is 8. The molecular formula is C80H118N8O2Si4. The topological polar surface area (TPSA) is 127 Å². The molecule has 9 rings (SSSR count). The van der Waals surface area contributed by atoms with Crippen molar-refractivity contribution in [2.24, 2.45) is 0 Å². The highest BCUT2D eigenvalue weighted by molar-refractivity contribution is 6.92. The smallest absolute Gasteiger partial charge is 0.201 e. The third kappa shape index (κ3) is 19.2. The number of hydrogen-bond donors (Lipinski definition) is 2. The molecule has 0 fully saturated rings. The first kappa shape index (κ1) is 75.4. The van der Waals surface area contributed by atoms with Gasteiger partial charge in [-0.3, -0.25) is 0 Å². The summed E-state index contributed by atoms with van der Waals surface area (Å²) in [6.07, 6.45) is 25.5. The van der Waals surface area contributed by atoms with Crippen molar-refractivity contribution >= 4 is 77.4 Å². The second-order valence-electron chi connectivity index (χ2n) is 30.6. The molecule has 3 aromatic heterocycles. The van der Waals surface area contributed by atoms with E-state index in [0.29, 0.717) is 40.2 Å². The second-order valence-corrected chi connectivity index (χ2v) is 47.1. The number of aromatic amines is 2. The van der Waals surface area contributed by atoms with Crippen molar-refractivity contribution in [1.82, 2.24) is 39.9 Å². The molecule has 10 nitrogen and oxygen atoms in total. The van der Waals surface area contributed by atoms with Gasteiger partial charge in [-0.15, -0.1) is 26.3 Å². The molecule has 2 aliphatic heterocycles. The lowest BCUT2D eigenvalue weighted by atomic mass is 9.73. The summed E-state index contributed by atoms with van der Waals surface area (Å²) in [4.78, 5) is 38.0. The number of fused-ring (bicyclic) bond motifs is 20. The van der Waals surface area contributed by atoms with Crippen LogP contribution in [0.4, 0.5) is 0 Å². The lowest BCUT2D eigenvalue weighted by Gasteiger charge is -2.36. The molecule has 0 atom stereocenters. The van der Waals surface area contributed by atoms with E-state index in [1.807, 2.05) is 42.5 Å². The molecule has 94 heavy (non-hydrogen) atoms. The number of benzene rings is 4. The maximum absolute atomic E-state index is 6.74. The first-order valence-electron chi connectivity index (χ1n) is 35.8. The van der Waals surface area contributed by atoms with Crippen molar-refractivity contribution < 1.29 is 8.23 Å². The van der Waals surface area contributed by atoms with Gasteiger partial charge in [-0.2, -0.15) is 0 Å². The number of hydrogen-bond acceptors (Lipinski definition) is 8. The Morgan fingerprint density at radius 2 is 0.638 bits per heavy atom. The molecule has 2 N–H and O–H groups in total. The Morgan fingerprint density at radius 3 is 0.936 bits per heavy atom. The first-order chi connectivity index (χ1) is 44.4. The largest absolute Gasteiger partial charge is 0.449 e. The lowest BCUT2D eigenvalue weighted by molar-refractivity contribution is 0.535. The average Bonchev–Trinajstić information content (AvgIpc) is 1.54. The van der Waals surface area contributed by atoms with Gasteiger partial charge in [-0.05, 0) is 126 Å². The number of unbranched alkanes of at least 4 members (excludes halogenated alkanes) is 12. The number of H-pyrrole nitrogens is 2. The van der Waals surface area contributed by atoms with Crippen LogP contribution < -0.4 is 0 Å². The third-order valence-electron chi connectivity index (χ3n) is 19.0. The zero-order chi connectivity index (χ0) is 68.8. The summed E-state index contributed by atoms with van der Waals surface area (Å²) >= 11 is 0.